The normalized spacial score (nSPS) is 14.9. The van der Waals surface area contributed by atoms with Gasteiger partial charge in [-0.2, -0.15) is 0 Å². The monoisotopic (exact) mass is 173 g/mol. The SMILES string of the molecule is C=CC[C@](N)(CO)C(=O)OCC. The molecule has 0 rings (SSSR count). The first kappa shape index (κ1) is 11.1. The van der Waals surface area contributed by atoms with Crippen molar-refractivity contribution in [3.63, 3.8) is 0 Å². The maximum absolute atomic E-state index is 11.1. The van der Waals surface area contributed by atoms with E-state index in [2.05, 4.69) is 11.3 Å². The minimum Gasteiger partial charge on any atom is -0.465 e. The largest absolute Gasteiger partial charge is 0.465 e. The average Bonchev–Trinajstić information content (AvgIpc) is 2.05. The molecule has 4 heteroatoms. The van der Waals surface area contributed by atoms with Crippen molar-refractivity contribution in [1.29, 1.82) is 0 Å². The van der Waals surface area contributed by atoms with Gasteiger partial charge in [-0.15, -0.1) is 6.58 Å². The van der Waals surface area contributed by atoms with Crippen LogP contribution in [0.25, 0.3) is 0 Å². The fourth-order valence-electron chi connectivity index (χ4n) is 0.745. The van der Waals surface area contributed by atoms with E-state index >= 15 is 0 Å². The maximum Gasteiger partial charge on any atom is 0.328 e. The van der Waals surface area contributed by atoms with Crippen LogP contribution in [0.15, 0.2) is 12.7 Å². The molecule has 12 heavy (non-hydrogen) atoms. The zero-order valence-corrected chi connectivity index (χ0v) is 7.25. The summed E-state index contributed by atoms with van der Waals surface area (Å²) in [6.07, 6.45) is 1.69. The molecule has 0 aromatic heterocycles. The van der Waals surface area contributed by atoms with Crippen LogP contribution in [-0.2, 0) is 9.53 Å². The summed E-state index contributed by atoms with van der Waals surface area (Å²) in [5.41, 5.74) is 4.22. The first-order valence-electron chi connectivity index (χ1n) is 3.78. The second kappa shape index (κ2) is 4.90. The van der Waals surface area contributed by atoms with Crippen LogP contribution < -0.4 is 5.73 Å². The van der Waals surface area contributed by atoms with Crippen molar-refractivity contribution in [2.75, 3.05) is 13.2 Å². The van der Waals surface area contributed by atoms with E-state index < -0.39 is 18.1 Å². The van der Waals surface area contributed by atoms with Crippen LogP contribution >= 0.6 is 0 Å². The first-order chi connectivity index (χ1) is 5.60. The lowest BCUT2D eigenvalue weighted by atomic mass is 9.98. The summed E-state index contributed by atoms with van der Waals surface area (Å²) in [4.78, 5) is 11.1. The van der Waals surface area contributed by atoms with Gasteiger partial charge in [-0.3, -0.25) is 0 Å². The van der Waals surface area contributed by atoms with Gasteiger partial charge >= 0.3 is 5.97 Å². The third kappa shape index (κ3) is 2.64. The van der Waals surface area contributed by atoms with Gasteiger partial charge in [0, 0.05) is 0 Å². The topological polar surface area (TPSA) is 72.5 Å². The highest BCUT2D eigenvalue weighted by molar-refractivity contribution is 5.80. The minimum atomic E-state index is -1.32. The van der Waals surface area contributed by atoms with E-state index in [9.17, 15) is 4.79 Å². The van der Waals surface area contributed by atoms with Gasteiger partial charge < -0.3 is 15.6 Å². The zero-order chi connectivity index (χ0) is 9.61. The molecular formula is C8H15NO3. The van der Waals surface area contributed by atoms with Gasteiger partial charge in [0.1, 0.15) is 5.54 Å². The van der Waals surface area contributed by atoms with Gasteiger partial charge in [0.15, 0.2) is 0 Å². The van der Waals surface area contributed by atoms with E-state index in [0.717, 1.165) is 0 Å². The molecule has 0 saturated heterocycles. The van der Waals surface area contributed by atoms with E-state index in [-0.39, 0.29) is 13.0 Å². The Morgan fingerprint density at radius 1 is 1.83 bits per heavy atom. The number of carbonyl (C=O) groups excluding carboxylic acids is 1. The van der Waals surface area contributed by atoms with Crippen molar-refractivity contribution in [2.24, 2.45) is 5.73 Å². The fourth-order valence-corrected chi connectivity index (χ4v) is 0.745. The lowest BCUT2D eigenvalue weighted by molar-refractivity contribution is -0.151. The number of ether oxygens (including phenoxy) is 1. The van der Waals surface area contributed by atoms with E-state index in [1.54, 1.807) is 6.92 Å². The van der Waals surface area contributed by atoms with Crippen molar-refractivity contribution in [3.05, 3.63) is 12.7 Å². The molecule has 0 aliphatic rings. The quantitative estimate of drug-likeness (QED) is 0.446. The van der Waals surface area contributed by atoms with Gasteiger partial charge in [-0.25, -0.2) is 4.79 Å². The Hall–Kier alpha value is -0.870. The molecule has 0 amide bonds. The summed E-state index contributed by atoms with van der Waals surface area (Å²) in [7, 11) is 0. The first-order valence-corrected chi connectivity index (χ1v) is 3.78. The lowest BCUT2D eigenvalue weighted by Gasteiger charge is -2.22. The predicted octanol–water partition coefficient (Wildman–Crippen LogP) is -0.185. The van der Waals surface area contributed by atoms with Crippen molar-refractivity contribution in [1.82, 2.24) is 0 Å². The highest BCUT2D eigenvalue weighted by atomic mass is 16.5. The van der Waals surface area contributed by atoms with Gasteiger partial charge in [0.05, 0.1) is 13.2 Å². The number of hydrogen-bond donors (Lipinski definition) is 2. The molecule has 0 heterocycles. The average molecular weight is 173 g/mol. The van der Waals surface area contributed by atoms with Crippen molar-refractivity contribution < 1.29 is 14.6 Å². The van der Waals surface area contributed by atoms with Crippen LogP contribution in [0.2, 0.25) is 0 Å². The zero-order valence-electron chi connectivity index (χ0n) is 7.25. The number of carbonyl (C=O) groups is 1. The number of nitrogens with two attached hydrogens (primary N) is 1. The Labute approximate surface area is 72.0 Å². The number of rotatable bonds is 5. The molecule has 0 aliphatic heterocycles. The van der Waals surface area contributed by atoms with E-state index in [0.29, 0.717) is 0 Å². The van der Waals surface area contributed by atoms with Crippen LogP contribution in [0.4, 0.5) is 0 Å². The van der Waals surface area contributed by atoms with E-state index in [1.807, 2.05) is 0 Å². The van der Waals surface area contributed by atoms with Gasteiger partial charge in [-0.1, -0.05) is 6.08 Å². The Balaban J connectivity index is 4.28. The lowest BCUT2D eigenvalue weighted by Crippen LogP contribution is -2.51. The molecule has 0 radical (unpaired) electrons. The molecule has 1 atom stereocenters. The van der Waals surface area contributed by atoms with Crippen LogP contribution in [-0.4, -0.2) is 29.8 Å². The van der Waals surface area contributed by atoms with Crippen molar-refractivity contribution in [2.45, 2.75) is 18.9 Å². The van der Waals surface area contributed by atoms with Crippen LogP contribution in [0.1, 0.15) is 13.3 Å². The minimum absolute atomic E-state index is 0.211. The molecule has 0 spiro atoms. The Kier molecular flexibility index (Phi) is 4.54. The van der Waals surface area contributed by atoms with Crippen LogP contribution in [0.5, 0.6) is 0 Å². The van der Waals surface area contributed by atoms with E-state index in [4.69, 9.17) is 10.8 Å². The highest BCUT2D eigenvalue weighted by Gasteiger charge is 2.33. The van der Waals surface area contributed by atoms with Gasteiger partial charge in [0.25, 0.3) is 0 Å². The summed E-state index contributed by atoms with van der Waals surface area (Å²) in [6.45, 7) is 4.95. The smallest absolute Gasteiger partial charge is 0.328 e. The Bertz CT molecular complexity index is 170. The molecule has 0 fully saturated rings. The number of esters is 1. The number of aliphatic hydroxyl groups is 1. The molecule has 0 unspecified atom stereocenters. The second-order valence-corrected chi connectivity index (χ2v) is 2.53. The predicted molar refractivity (Wildman–Crippen MR) is 45.5 cm³/mol. The van der Waals surface area contributed by atoms with Gasteiger partial charge in [-0.05, 0) is 13.3 Å². The van der Waals surface area contributed by atoms with Crippen LogP contribution in [0.3, 0.4) is 0 Å². The summed E-state index contributed by atoms with van der Waals surface area (Å²) in [5, 5.41) is 8.84. The summed E-state index contributed by atoms with van der Waals surface area (Å²) in [5.74, 6) is -0.590. The van der Waals surface area contributed by atoms with E-state index in [1.165, 1.54) is 6.08 Å². The highest BCUT2D eigenvalue weighted by Crippen LogP contribution is 2.08. The van der Waals surface area contributed by atoms with Gasteiger partial charge in [0.2, 0.25) is 0 Å². The molecule has 3 N–H and O–H groups in total. The number of hydrogen-bond acceptors (Lipinski definition) is 4. The Morgan fingerprint density at radius 2 is 2.42 bits per heavy atom. The molecule has 0 aromatic carbocycles. The standard InChI is InChI=1S/C8H15NO3/c1-3-5-8(9,6-10)7(11)12-4-2/h3,10H,1,4-6,9H2,2H3/t8-/m0/s1. The molecule has 0 saturated carbocycles. The molecule has 0 bridgehead atoms. The Morgan fingerprint density at radius 3 is 2.75 bits per heavy atom. The molecule has 0 aromatic rings. The van der Waals surface area contributed by atoms with Crippen molar-refractivity contribution in [3.8, 4) is 0 Å². The third-order valence-electron chi connectivity index (χ3n) is 1.47. The molecule has 0 aliphatic carbocycles. The fraction of sp³-hybridized carbons (Fsp3) is 0.625. The molecule has 70 valence electrons. The molecular weight excluding hydrogens is 158 g/mol. The summed E-state index contributed by atoms with van der Waals surface area (Å²) in [6, 6.07) is 0. The van der Waals surface area contributed by atoms with Crippen LogP contribution in [0, 0.1) is 0 Å². The summed E-state index contributed by atoms with van der Waals surface area (Å²) >= 11 is 0. The number of aliphatic hydroxyl groups excluding tert-OH is 1. The second-order valence-electron chi connectivity index (χ2n) is 2.53. The third-order valence-corrected chi connectivity index (χ3v) is 1.47. The maximum atomic E-state index is 11.1. The molecule has 4 nitrogen and oxygen atoms in total. The summed E-state index contributed by atoms with van der Waals surface area (Å²) < 4.78 is 4.68. The van der Waals surface area contributed by atoms with Crippen molar-refractivity contribution >= 4 is 5.97 Å².